The Balaban J connectivity index is 0.000000219. The van der Waals surface area contributed by atoms with Crippen molar-refractivity contribution in [3.05, 3.63) is 248 Å². The molecule has 0 spiro atoms. The summed E-state index contributed by atoms with van der Waals surface area (Å²) < 4.78 is 5.67. The number of nitrogens with zero attached hydrogens (tertiary/aromatic N) is 6. The maximum atomic E-state index is 13.6. The van der Waals surface area contributed by atoms with Gasteiger partial charge in [-0.3, -0.25) is 9.59 Å². The molecule has 0 fully saturated rings. The third-order valence-corrected chi connectivity index (χ3v) is 20.7. The zero-order valence-electron chi connectivity index (χ0n) is 60.8. The van der Waals surface area contributed by atoms with E-state index in [0.29, 0.717) is 27.0 Å². The molecule has 542 valence electrons. The quantitative estimate of drug-likeness (QED) is 0.0456. The van der Waals surface area contributed by atoms with E-state index in [9.17, 15) is 19.5 Å². The summed E-state index contributed by atoms with van der Waals surface area (Å²) in [6, 6.07) is 54.4. The molecule has 3 atom stereocenters. The van der Waals surface area contributed by atoms with Crippen LogP contribution in [0.4, 0.5) is 17.5 Å². The van der Waals surface area contributed by atoms with Crippen molar-refractivity contribution >= 4 is 94.9 Å². The lowest BCUT2D eigenvalue weighted by Gasteiger charge is -2.38. The van der Waals surface area contributed by atoms with E-state index in [1.807, 2.05) is 151 Å². The van der Waals surface area contributed by atoms with Crippen molar-refractivity contribution < 1.29 is 19.5 Å². The molecule has 21 heteroatoms. The zero-order chi connectivity index (χ0) is 72.1. The van der Waals surface area contributed by atoms with Crippen molar-refractivity contribution in [2.75, 3.05) is 16.0 Å². The molecule has 0 aliphatic carbocycles. The first-order chi connectivity index (χ1) is 47.2. The summed E-state index contributed by atoms with van der Waals surface area (Å²) >= 11 is 18.0. The highest BCUT2D eigenvalue weighted by Gasteiger charge is 2.42. The summed E-state index contributed by atoms with van der Waals surface area (Å²) in [6.07, 6.45) is 12.4. The van der Waals surface area contributed by atoms with Gasteiger partial charge in [0.25, 0.3) is 11.8 Å². The zero-order valence-corrected chi connectivity index (χ0v) is 64.7. The summed E-state index contributed by atoms with van der Waals surface area (Å²) in [5.74, 6) is 0.921. The molecule has 16 nitrogen and oxygen atoms in total. The Morgan fingerprint density at radius 3 is 0.960 bits per heavy atom. The molecular weight excluding hydrogens is 1370 g/mol. The number of nitrogens with one attached hydrogen (secondary N) is 5. The van der Waals surface area contributed by atoms with E-state index in [1.54, 1.807) is 17.1 Å². The summed E-state index contributed by atoms with van der Waals surface area (Å²) in [5, 5.41) is 42.0. The number of halogens is 5. The number of fused-ring (bicyclic) bond motifs is 3. The lowest BCUT2D eigenvalue weighted by Crippen LogP contribution is -2.45. The van der Waals surface area contributed by atoms with Gasteiger partial charge in [-0.1, -0.05) is 218 Å². The Labute approximate surface area is 625 Å². The second-order valence-corrected chi connectivity index (χ2v) is 28.8. The molecule has 6 aromatic carbocycles. The van der Waals surface area contributed by atoms with Crippen molar-refractivity contribution in [1.29, 1.82) is 0 Å². The Morgan fingerprint density at radius 2 is 0.703 bits per heavy atom. The Hall–Kier alpha value is -7.83. The number of rotatable bonds is 17. The second-order valence-electron chi connectivity index (χ2n) is 27.5. The van der Waals surface area contributed by atoms with Crippen molar-refractivity contribution in [2.24, 2.45) is 5.73 Å². The molecule has 0 radical (unpaired) electrons. The molecule has 2 amide bonds. The van der Waals surface area contributed by atoms with Crippen LogP contribution in [-0.4, -0.2) is 52.2 Å². The van der Waals surface area contributed by atoms with Gasteiger partial charge in [-0.05, 0) is 169 Å². The van der Waals surface area contributed by atoms with Crippen LogP contribution in [0, 0.1) is 0 Å². The maximum absolute atomic E-state index is 13.6. The van der Waals surface area contributed by atoms with Crippen LogP contribution in [-0.2, 0) is 33.2 Å². The molecule has 0 saturated heterocycles. The van der Waals surface area contributed by atoms with Crippen molar-refractivity contribution in [3.8, 4) is 0 Å². The third-order valence-electron chi connectivity index (χ3n) is 20.0. The van der Waals surface area contributed by atoms with Gasteiger partial charge in [0.2, 0.25) is 0 Å². The summed E-state index contributed by atoms with van der Waals surface area (Å²) in [4.78, 5) is 38.4. The van der Waals surface area contributed by atoms with E-state index in [4.69, 9.17) is 40.5 Å². The number of amides is 2. The number of carboxylic acids is 1. The lowest BCUT2D eigenvalue weighted by molar-refractivity contribution is 0.0696. The van der Waals surface area contributed by atoms with E-state index < -0.39 is 17.0 Å². The van der Waals surface area contributed by atoms with Gasteiger partial charge in [0, 0.05) is 20.6 Å². The minimum absolute atomic E-state index is 0. The number of carbonyl (C=O) groups excluding carboxylic acids is 2. The largest absolute Gasteiger partial charge is 0.477 e. The first kappa shape index (κ1) is 82.1. The molecule has 3 aromatic heterocycles. The number of carboxylic acid groups (broad SMARTS) is 1. The predicted octanol–water partition coefficient (Wildman–Crippen LogP) is 20.6. The van der Waals surface area contributed by atoms with Crippen LogP contribution in [0.5, 0.6) is 0 Å². The van der Waals surface area contributed by atoms with Crippen LogP contribution in [0.15, 0.2) is 182 Å². The molecule has 0 unspecified atom stereocenters. The molecule has 0 bridgehead atoms. The van der Waals surface area contributed by atoms with Crippen LogP contribution in [0.2, 0.25) is 15.1 Å². The van der Waals surface area contributed by atoms with Crippen molar-refractivity contribution in [1.82, 2.24) is 40.0 Å². The van der Waals surface area contributed by atoms with Gasteiger partial charge in [0.05, 0.1) is 64.4 Å². The Morgan fingerprint density at radius 1 is 0.446 bits per heavy atom. The average Bonchev–Trinajstić information content (AvgIpc) is 1.66. The fourth-order valence-corrected chi connectivity index (χ4v) is 14.1. The minimum Gasteiger partial charge on any atom is -0.477 e. The highest BCUT2D eigenvalue weighted by Crippen LogP contribution is 2.44. The maximum Gasteiger partial charge on any atom is 0.341 e. The molecule has 6 heterocycles. The van der Waals surface area contributed by atoms with Crippen LogP contribution < -0.4 is 32.3 Å². The van der Waals surface area contributed by atoms with Crippen LogP contribution >= 0.6 is 59.6 Å². The Kier molecular flexibility index (Phi) is 28.8. The molecule has 8 N–H and O–H groups in total. The van der Waals surface area contributed by atoms with Crippen LogP contribution in [0.1, 0.15) is 237 Å². The first-order valence-corrected chi connectivity index (χ1v) is 36.0. The third kappa shape index (κ3) is 18.7. The molecule has 0 saturated carbocycles. The van der Waals surface area contributed by atoms with Crippen LogP contribution in [0.3, 0.4) is 0 Å². The number of aromatic nitrogens is 6. The number of anilines is 3. The van der Waals surface area contributed by atoms with Crippen molar-refractivity contribution in [3.63, 3.8) is 0 Å². The minimum atomic E-state index is -0.955. The van der Waals surface area contributed by atoms with Gasteiger partial charge in [0.1, 0.15) is 34.1 Å². The number of hydrogen-bond donors (Lipinski definition) is 7. The number of aromatic carboxylic acids is 1. The van der Waals surface area contributed by atoms with Gasteiger partial charge in [-0.25, -0.2) is 18.8 Å². The van der Waals surface area contributed by atoms with Gasteiger partial charge < -0.3 is 37.4 Å². The fraction of sp³-hybridized carbons (Fsp3) is 0.400. The molecule has 101 heavy (non-hydrogen) atoms. The monoisotopic (exact) mass is 1470 g/mol. The fourth-order valence-electron chi connectivity index (χ4n) is 13.8. The SMILES string of the molecule is CC.CC1(C)C[C@@H](c2ccccc2)Nc2c(C(=O)O)cnn21.CCC(CC)(NC(=O)c1cnn2c1N[C@H](c1ccccc1)CC2(C)C)c1ccc(Cl)cc1.CCC(CC)(NC(=O)c1cnn2c1N[C@H](c1ccccc1)CC2(C)C)c1ccc(Cl)cc1.CCC(N)(CC)c1ccc(Cl)cc1.Cl.Cl. The summed E-state index contributed by atoms with van der Waals surface area (Å²) in [7, 11) is 0. The van der Waals surface area contributed by atoms with Gasteiger partial charge in [0.15, 0.2) is 0 Å². The van der Waals surface area contributed by atoms with Gasteiger partial charge in [-0.2, -0.15) is 15.3 Å². The average molecular weight is 1470 g/mol. The van der Waals surface area contributed by atoms with Gasteiger partial charge in [-0.15, -0.1) is 24.8 Å². The predicted molar refractivity (Wildman–Crippen MR) is 420 cm³/mol. The number of nitrogens with two attached hydrogens (primary N) is 1. The van der Waals surface area contributed by atoms with E-state index >= 15 is 0 Å². The highest BCUT2D eigenvalue weighted by molar-refractivity contribution is 6.31. The van der Waals surface area contributed by atoms with E-state index in [0.717, 1.165) is 91.1 Å². The summed E-state index contributed by atoms with van der Waals surface area (Å²) in [6.45, 7) is 29.4. The van der Waals surface area contributed by atoms with E-state index in [2.05, 4.69) is 161 Å². The van der Waals surface area contributed by atoms with Gasteiger partial charge >= 0.3 is 5.97 Å². The molecule has 3 aliphatic rings. The number of benzene rings is 6. The highest BCUT2D eigenvalue weighted by atomic mass is 35.5. The molecule has 9 aromatic rings. The smallest absolute Gasteiger partial charge is 0.341 e. The molecular formula is C80H103Cl5N12O4. The van der Waals surface area contributed by atoms with Crippen molar-refractivity contribution in [2.45, 2.75) is 206 Å². The van der Waals surface area contributed by atoms with Crippen LogP contribution in [0.25, 0.3) is 0 Å². The lowest BCUT2D eigenvalue weighted by atomic mass is 9.84. The molecule has 3 aliphatic heterocycles. The van der Waals surface area contributed by atoms with E-state index in [1.165, 1.54) is 22.9 Å². The Bertz CT molecular complexity index is 3920. The van der Waals surface area contributed by atoms with E-state index in [-0.39, 0.29) is 82.5 Å². The number of carbonyl (C=O) groups is 3. The molecule has 12 rings (SSSR count). The second kappa shape index (κ2) is 35.4. The summed E-state index contributed by atoms with van der Waals surface area (Å²) in [5.41, 5.74) is 12.6. The number of hydrogen-bond acceptors (Lipinski definition) is 10. The topological polar surface area (TPSA) is 211 Å². The normalized spacial score (nSPS) is 16.5. The standard InChI is InChI=1S/2C26H31ClN4O.C15H17N3O2.C11H16ClN.C2H6.2ClH/c2*1-5-26(6-2,19-12-14-20(27)15-13-19)30-24(32)21-17-28-31-23(21)29-22(16-25(31,3)4)18-10-8-7-9-11-18;1-15(2)8-12(10-6-4-3-5-7-10)17-13-11(14(19)20)9-16-18(13)15;1-3-11(13,4-2)9-5-7-10(12)8-6-9;1-2;;/h2*7-15,17,22,29H,5-6,16H2,1-4H3,(H,30,32);3-7,9,12,17H,8H2,1-2H3,(H,19,20);5-8H,3-4,13H2,1-2H3;1-2H3;2*1H/t2*22-;12-;;;;/m000..../s1. The first-order valence-electron chi connectivity index (χ1n) is 34.9.